The van der Waals surface area contributed by atoms with Gasteiger partial charge in [0.2, 0.25) is 11.8 Å². The van der Waals surface area contributed by atoms with Crippen molar-refractivity contribution in [2.45, 2.75) is 56.9 Å². The van der Waals surface area contributed by atoms with E-state index >= 15 is 0 Å². The second kappa shape index (κ2) is 6.35. The number of aromatic nitrogens is 2. The number of hydrogen-bond donors (Lipinski definition) is 2. The van der Waals surface area contributed by atoms with Gasteiger partial charge in [-0.05, 0) is 38.6 Å². The van der Waals surface area contributed by atoms with Crippen molar-refractivity contribution in [1.82, 2.24) is 20.8 Å². The van der Waals surface area contributed by atoms with Crippen molar-refractivity contribution in [2.24, 2.45) is 0 Å². The molecule has 1 aliphatic heterocycles. The van der Waals surface area contributed by atoms with Crippen molar-refractivity contribution in [3.05, 3.63) is 11.7 Å². The molecule has 2 N–H and O–H groups in total. The van der Waals surface area contributed by atoms with Gasteiger partial charge in [0.05, 0.1) is 0 Å². The smallest absolute Gasteiger partial charge is 0.226 e. The third kappa shape index (κ3) is 3.79. The molecule has 2 aliphatic rings. The lowest BCUT2D eigenvalue weighted by Gasteiger charge is -2.23. The Labute approximate surface area is 118 Å². The van der Waals surface area contributed by atoms with Crippen LogP contribution in [0.1, 0.15) is 56.2 Å². The molecule has 1 unspecified atom stereocenters. The highest BCUT2D eigenvalue weighted by molar-refractivity contribution is 5.76. The molecule has 0 spiro atoms. The summed E-state index contributed by atoms with van der Waals surface area (Å²) in [4.78, 5) is 16.2. The van der Waals surface area contributed by atoms with Gasteiger partial charge in [-0.3, -0.25) is 4.79 Å². The molecule has 0 aromatic carbocycles. The summed E-state index contributed by atoms with van der Waals surface area (Å²) in [5.74, 6) is 2.16. The molecule has 1 saturated heterocycles. The van der Waals surface area contributed by atoms with Crippen LogP contribution in [0.4, 0.5) is 0 Å². The molecule has 1 amide bonds. The van der Waals surface area contributed by atoms with Crippen molar-refractivity contribution < 1.29 is 9.32 Å². The van der Waals surface area contributed by atoms with Crippen LogP contribution in [0.3, 0.4) is 0 Å². The normalized spacial score (nSPS) is 22.7. The number of amides is 1. The van der Waals surface area contributed by atoms with Crippen LogP contribution in [0.15, 0.2) is 4.52 Å². The Morgan fingerprint density at radius 2 is 2.30 bits per heavy atom. The Balaban J connectivity index is 1.34. The van der Waals surface area contributed by atoms with Crippen LogP contribution in [0.5, 0.6) is 0 Å². The Kier molecular flexibility index (Phi) is 4.30. The monoisotopic (exact) mass is 278 g/mol. The lowest BCUT2D eigenvalue weighted by Crippen LogP contribution is -2.45. The zero-order valence-corrected chi connectivity index (χ0v) is 11.7. The summed E-state index contributed by atoms with van der Waals surface area (Å²) in [6.45, 7) is 1.95. The van der Waals surface area contributed by atoms with Crippen molar-refractivity contribution in [3.8, 4) is 0 Å². The van der Waals surface area contributed by atoms with Gasteiger partial charge < -0.3 is 15.2 Å². The van der Waals surface area contributed by atoms with E-state index in [0.29, 0.717) is 30.7 Å². The van der Waals surface area contributed by atoms with Gasteiger partial charge in [-0.15, -0.1) is 0 Å². The highest BCUT2D eigenvalue weighted by atomic mass is 16.5. The molecule has 1 atom stereocenters. The first-order valence-corrected chi connectivity index (χ1v) is 7.64. The fourth-order valence-electron chi connectivity index (χ4n) is 2.55. The number of rotatable bonds is 6. The van der Waals surface area contributed by atoms with Crippen molar-refractivity contribution >= 4 is 5.91 Å². The van der Waals surface area contributed by atoms with Gasteiger partial charge in [0.1, 0.15) is 0 Å². The summed E-state index contributed by atoms with van der Waals surface area (Å²) >= 11 is 0. The van der Waals surface area contributed by atoms with Crippen LogP contribution in [0.2, 0.25) is 0 Å². The second-order valence-electron chi connectivity index (χ2n) is 5.78. The SMILES string of the molecule is O=C(CCCc1nc(C2CC2)no1)NC1CCCNC1. The summed E-state index contributed by atoms with van der Waals surface area (Å²) in [6.07, 6.45) is 6.55. The summed E-state index contributed by atoms with van der Waals surface area (Å²) in [5.41, 5.74) is 0. The molecule has 110 valence electrons. The summed E-state index contributed by atoms with van der Waals surface area (Å²) in [5, 5.41) is 10.3. The number of piperidine rings is 1. The average Bonchev–Trinajstić information content (AvgIpc) is 3.20. The quantitative estimate of drug-likeness (QED) is 0.815. The van der Waals surface area contributed by atoms with E-state index in [1.54, 1.807) is 0 Å². The molecule has 2 heterocycles. The maximum absolute atomic E-state index is 11.8. The minimum Gasteiger partial charge on any atom is -0.352 e. The Morgan fingerprint density at radius 3 is 3.05 bits per heavy atom. The number of nitrogens with one attached hydrogen (secondary N) is 2. The largest absolute Gasteiger partial charge is 0.352 e. The van der Waals surface area contributed by atoms with E-state index in [1.807, 2.05) is 0 Å². The van der Waals surface area contributed by atoms with E-state index in [1.165, 1.54) is 12.8 Å². The topological polar surface area (TPSA) is 80.0 Å². The van der Waals surface area contributed by atoms with Crippen LogP contribution >= 0.6 is 0 Å². The van der Waals surface area contributed by atoms with Gasteiger partial charge >= 0.3 is 0 Å². The predicted octanol–water partition coefficient (Wildman–Crippen LogP) is 1.14. The van der Waals surface area contributed by atoms with E-state index in [-0.39, 0.29) is 5.91 Å². The molecule has 0 bridgehead atoms. The first kappa shape index (κ1) is 13.5. The predicted molar refractivity (Wildman–Crippen MR) is 73.2 cm³/mol. The first-order chi connectivity index (χ1) is 9.81. The third-order valence-corrected chi connectivity index (χ3v) is 3.88. The minimum absolute atomic E-state index is 0.126. The van der Waals surface area contributed by atoms with Crippen molar-refractivity contribution in [2.75, 3.05) is 13.1 Å². The Bertz CT molecular complexity index is 450. The number of carbonyl (C=O) groups excluding carboxylic acids is 1. The standard InChI is InChI=1S/C14H22N4O2/c19-12(16-11-3-2-8-15-9-11)4-1-5-13-17-14(18-20-13)10-6-7-10/h10-11,15H,1-9H2,(H,16,19). The Hall–Kier alpha value is -1.43. The highest BCUT2D eigenvalue weighted by Gasteiger charge is 2.28. The van der Waals surface area contributed by atoms with Crippen LogP contribution in [0.25, 0.3) is 0 Å². The van der Waals surface area contributed by atoms with Crippen LogP contribution in [0, 0.1) is 0 Å². The maximum Gasteiger partial charge on any atom is 0.226 e. The third-order valence-electron chi connectivity index (χ3n) is 3.88. The fourth-order valence-corrected chi connectivity index (χ4v) is 2.55. The zero-order chi connectivity index (χ0) is 13.8. The molecule has 6 heteroatoms. The molecule has 1 aromatic rings. The molecule has 1 saturated carbocycles. The fraction of sp³-hybridized carbons (Fsp3) is 0.786. The van der Waals surface area contributed by atoms with Gasteiger partial charge in [0.25, 0.3) is 0 Å². The molecule has 20 heavy (non-hydrogen) atoms. The summed E-state index contributed by atoms with van der Waals surface area (Å²) in [6, 6.07) is 0.293. The van der Waals surface area contributed by atoms with E-state index in [0.717, 1.165) is 38.2 Å². The maximum atomic E-state index is 11.8. The van der Waals surface area contributed by atoms with Gasteiger partial charge in [-0.2, -0.15) is 4.98 Å². The molecule has 3 rings (SSSR count). The zero-order valence-electron chi connectivity index (χ0n) is 11.7. The lowest BCUT2D eigenvalue weighted by atomic mass is 10.1. The summed E-state index contributed by atoms with van der Waals surface area (Å²) in [7, 11) is 0. The minimum atomic E-state index is 0.126. The lowest BCUT2D eigenvalue weighted by molar-refractivity contribution is -0.122. The average molecular weight is 278 g/mol. The molecule has 0 radical (unpaired) electrons. The van der Waals surface area contributed by atoms with Crippen molar-refractivity contribution in [3.63, 3.8) is 0 Å². The number of hydrogen-bond acceptors (Lipinski definition) is 5. The van der Waals surface area contributed by atoms with Gasteiger partial charge in [0.15, 0.2) is 5.82 Å². The Morgan fingerprint density at radius 1 is 1.40 bits per heavy atom. The molecule has 1 aromatic heterocycles. The van der Waals surface area contributed by atoms with Gasteiger partial charge in [-0.25, -0.2) is 0 Å². The van der Waals surface area contributed by atoms with E-state index < -0.39 is 0 Å². The molecule has 2 fully saturated rings. The molecular formula is C14H22N4O2. The van der Waals surface area contributed by atoms with E-state index in [4.69, 9.17) is 4.52 Å². The van der Waals surface area contributed by atoms with Crippen LogP contribution in [-0.2, 0) is 11.2 Å². The van der Waals surface area contributed by atoms with Crippen LogP contribution < -0.4 is 10.6 Å². The second-order valence-corrected chi connectivity index (χ2v) is 5.78. The molecular weight excluding hydrogens is 256 g/mol. The highest BCUT2D eigenvalue weighted by Crippen LogP contribution is 2.38. The summed E-state index contributed by atoms with van der Waals surface area (Å²) < 4.78 is 5.19. The number of nitrogens with zero attached hydrogens (tertiary/aromatic N) is 2. The van der Waals surface area contributed by atoms with E-state index in [2.05, 4.69) is 20.8 Å². The van der Waals surface area contributed by atoms with Crippen LogP contribution in [-0.4, -0.2) is 35.2 Å². The first-order valence-electron chi connectivity index (χ1n) is 7.64. The van der Waals surface area contributed by atoms with Crippen molar-refractivity contribution in [1.29, 1.82) is 0 Å². The van der Waals surface area contributed by atoms with E-state index in [9.17, 15) is 4.79 Å². The number of carbonyl (C=O) groups is 1. The van der Waals surface area contributed by atoms with Gasteiger partial charge in [0, 0.05) is 31.3 Å². The van der Waals surface area contributed by atoms with Gasteiger partial charge in [-0.1, -0.05) is 5.16 Å². The number of aryl methyl sites for hydroxylation is 1. The molecule has 6 nitrogen and oxygen atoms in total. The molecule has 1 aliphatic carbocycles.